The Hall–Kier alpha value is -1.43. The average molecular weight is 240 g/mol. The summed E-state index contributed by atoms with van der Waals surface area (Å²) >= 11 is 0. The van der Waals surface area contributed by atoms with Gasteiger partial charge < -0.3 is 10.4 Å². The second-order valence-electron chi connectivity index (χ2n) is 4.71. The molecule has 0 saturated carbocycles. The number of rotatable bonds is 5. The number of H-pyrrole nitrogens is 1. The molecule has 1 aromatic rings. The SMILES string of the molecule is CCCc1nc(C(=O)NC(C)(C)C(C)O)n[nH]1. The molecule has 0 aliphatic heterocycles. The van der Waals surface area contributed by atoms with E-state index in [0.717, 1.165) is 12.8 Å². The van der Waals surface area contributed by atoms with Crippen LogP contribution in [0, 0.1) is 0 Å². The molecular weight excluding hydrogens is 220 g/mol. The molecule has 1 rings (SSSR count). The molecule has 96 valence electrons. The fraction of sp³-hybridized carbons (Fsp3) is 0.727. The van der Waals surface area contributed by atoms with E-state index in [1.807, 2.05) is 6.92 Å². The molecule has 6 nitrogen and oxygen atoms in total. The predicted octanol–water partition coefficient (Wildman–Crippen LogP) is 0.646. The molecule has 0 saturated heterocycles. The number of aromatic amines is 1. The highest BCUT2D eigenvalue weighted by Gasteiger charge is 2.27. The number of amides is 1. The van der Waals surface area contributed by atoms with Gasteiger partial charge in [-0.25, -0.2) is 4.98 Å². The number of nitrogens with one attached hydrogen (secondary N) is 2. The third kappa shape index (κ3) is 3.52. The van der Waals surface area contributed by atoms with Crippen molar-refractivity contribution in [1.82, 2.24) is 20.5 Å². The van der Waals surface area contributed by atoms with Gasteiger partial charge in [0.15, 0.2) is 0 Å². The number of carbonyl (C=O) groups excluding carboxylic acids is 1. The van der Waals surface area contributed by atoms with Crippen LogP contribution >= 0.6 is 0 Å². The lowest BCUT2D eigenvalue weighted by Gasteiger charge is -2.28. The highest BCUT2D eigenvalue weighted by atomic mass is 16.3. The second kappa shape index (κ2) is 5.27. The number of aromatic nitrogens is 3. The molecule has 17 heavy (non-hydrogen) atoms. The van der Waals surface area contributed by atoms with Gasteiger partial charge in [-0.15, -0.1) is 5.10 Å². The number of aliphatic hydroxyl groups is 1. The maximum atomic E-state index is 11.8. The van der Waals surface area contributed by atoms with Crippen molar-refractivity contribution in [3.63, 3.8) is 0 Å². The summed E-state index contributed by atoms with van der Waals surface area (Å²) in [6, 6.07) is 0. The molecule has 1 aromatic heterocycles. The number of carbonyl (C=O) groups is 1. The third-order valence-corrected chi connectivity index (χ3v) is 2.70. The molecule has 1 unspecified atom stereocenters. The summed E-state index contributed by atoms with van der Waals surface area (Å²) in [5.74, 6) is 0.434. The van der Waals surface area contributed by atoms with Crippen molar-refractivity contribution in [1.29, 1.82) is 0 Å². The van der Waals surface area contributed by atoms with Gasteiger partial charge in [0, 0.05) is 6.42 Å². The van der Waals surface area contributed by atoms with E-state index in [4.69, 9.17) is 0 Å². The molecule has 1 atom stereocenters. The van der Waals surface area contributed by atoms with Crippen LogP contribution in [-0.2, 0) is 6.42 Å². The summed E-state index contributed by atoms with van der Waals surface area (Å²) in [5.41, 5.74) is -0.706. The topological polar surface area (TPSA) is 90.9 Å². The minimum atomic E-state index is -0.706. The van der Waals surface area contributed by atoms with Crippen molar-refractivity contribution in [2.75, 3.05) is 0 Å². The first-order valence-corrected chi connectivity index (χ1v) is 5.78. The van der Waals surface area contributed by atoms with Crippen LogP contribution in [-0.4, -0.2) is 37.8 Å². The largest absolute Gasteiger partial charge is 0.391 e. The fourth-order valence-electron chi connectivity index (χ4n) is 1.20. The van der Waals surface area contributed by atoms with Gasteiger partial charge in [-0.05, 0) is 27.2 Å². The Labute approximate surface area is 101 Å². The van der Waals surface area contributed by atoms with Crippen LogP contribution in [0.25, 0.3) is 0 Å². The standard InChI is InChI=1S/C11H20N4O2/c1-5-6-8-12-9(15-14-8)10(17)13-11(3,4)7(2)16/h7,16H,5-6H2,1-4H3,(H,13,17)(H,12,14,15). The van der Waals surface area contributed by atoms with Crippen molar-refractivity contribution >= 4 is 5.91 Å². The van der Waals surface area contributed by atoms with Gasteiger partial charge in [-0.3, -0.25) is 9.89 Å². The quantitative estimate of drug-likeness (QED) is 0.704. The lowest BCUT2D eigenvalue weighted by molar-refractivity contribution is 0.0701. The van der Waals surface area contributed by atoms with E-state index in [-0.39, 0.29) is 11.7 Å². The van der Waals surface area contributed by atoms with E-state index in [9.17, 15) is 9.90 Å². The first-order chi connectivity index (χ1) is 7.86. The normalized spacial score (nSPS) is 13.5. The zero-order chi connectivity index (χ0) is 13.1. The molecule has 0 spiro atoms. The Bertz CT molecular complexity index is 385. The molecule has 0 fully saturated rings. The maximum absolute atomic E-state index is 11.8. The zero-order valence-electron chi connectivity index (χ0n) is 10.7. The van der Waals surface area contributed by atoms with Crippen molar-refractivity contribution in [2.24, 2.45) is 0 Å². The Balaban J connectivity index is 2.69. The maximum Gasteiger partial charge on any atom is 0.291 e. The van der Waals surface area contributed by atoms with Crippen LogP contribution in [0.3, 0.4) is 0 Å². The summed E-state index contributed by atoms with van der Waals surface area (Å²) in [4.78, 5) is 15.9. The van der Waals surface area contributed by atoms with Crippen LogP contribution in [0.4, 0.5) is 0 Å². The van der Waals surface area contributed by atoms with E-state index in [1.165, 1.54) is 0 Å². The lowest BCUT2D eigenvalue weighted by Crippen LogP contribution is -2.51. The van der Waals surface area contributed by atoms with Crippen molar-refractivity contribution in [3.05, 3.63) is 11.6 Å². The summed E-state index contributed by atoms with van der Waals surface area (Å²) < 4.78 is 0. The number of aliphatic hydroxyl groups excluding tert-OH is 1. The highest BCUT2D eigenvalue weighted by molar-refractivity contribution is 5.90. The van der Waals surface area contributed by atoms with Crippen molar-refractivity contribution in [2.45, 2.75) is 52.2 Å². The van der Waals surface area contributed by atoms with E-state index in [1.54, 1.807) is 20.8 Å². The average Bonchev–Trinajstić information content (AvgIpc) is 2.66. The van der Waals surface area contributed by atoms with Crippen LogP contribution in [0.1, 0.15) is 50.6 Å². The van der Waals surface area contributed by atoms with Crippen LogP contribution in [0.5, 0.6) is 0 Å². The first-order valence-electron chi connectivity index (χ1n) is 5.78. The van der Waals surface area contributed by atoms with E-state index < -0.39 is 11.6 Å². The Morgan fingerprint density at radius 2 is 2.24 bits per heavy atom. The van der Waals surface area contributed by atoms with Gasteiger partial charge in [0.2, 0.25) is 5.82 Å². The molecule has 3 N–H and O–H groups in total. The van der Waals surface area contributed by atoms with Gasteiger partial charge >= 0.3 is 0 Å². The summed E-state index contributed by atoms with van der Waals surface area (Å²) in [5, 5.41) is 18.8. The molecule has 1 heterocycles. The van der Waals surface area contributed by atoms with Gasteiger partial charge in [0.05, 0.1) is 11.6 Å². The molecule has 0 radical (unpaired) electrons. The van der Waals surface area contributed by atoms with Crippen molar-refractivity contribution < 1.29 is 9.90 Å². The predicted molar refractivity (Wildman–Crippen MR) is 63.6 cm³/mol. The first kappa shape index (κ1) is 13.6. The van der Waals surface area contributed by atoms with Gasteiger partial charge in [-0.2, -0.15) is 0 Å². The Morgan fingerprint density at radius 3 is 2.76 bits per heavy atom. The monoisotopic (exact) mass is 240 g/mol. The minimum Gasteiger partial charge on any atom is -0.391 e. The molecular formula is C11H20N4O2. The van der Waals surface area contributed by atoms with Crippen molar-refractivity contribution in [3.8, 4) is 0 Å². The number of hydrogen-bond acceptors (Lipinski definition) is 4. The van der Waals surface area contributed by atoms with E-state index >= 15 is 0 Å². The van der Waals surface area contributed by atoms with Gasteiger partial charge in [-0.1, -0.05) is 6.92 Å². The van der Waals surface area contributed by atoms with E-state index in [2.05, 4.69) is 20.5 Å². The Kier molecular flexibility index (Phi) is 4.22. The molecule has 0 aromatic carbocycles. The molecule has 1 amide bonds. The van der Waals surface area contributed by atoms with Crippen LogP contribution in [0.2, 0.25) is 0 Å². The van der Waals surface area contributed by atoms with Crippen LogP contribution in [0.15, 0.2) is 0 Å². The number of hydrogen-bond donors (Lipinski definition) is 3. The minimum absolute atomic E-state index is 0.113. The molecule has 0 bridgehead atoms. The molecule has 0 aliphatic rings. The third-order valence-electron chi connectivity index (χ3n) is 2.70. The van der Waals surface area contributed by atoms with E-state index in [0.29, 0.717) is 5.82 Å². The second-order valence-corrected chi connectivity index (χ2v) is 4.71. The Morgan fingerprint density at radius 1 is 1.59 bits per heavy atom. The van der Waals surface area contributed by atoms with Gasteiger partial charge in [0.25, 0.3) is 5.91 Å². The molecule has 6 heteroatoms. The summed E-state index contributed by atoms with van der Waals surface area (Å²) in [6.45, 7) is 7.14. The summed E-state index contributed by atoms with van der Waals surface area (Å²) in [6.07, 6.45) is 1.05. The number of aryl methyl sites for hydroxylation is 1. The summed E-state index contributed by atoms with van der Waals surface area (Å²) in [7, 11) is 0. The highest BCUT2D eigenvalue weighted by Crippen LogP contribution is 2.09. The molecule has 0 aliphatic carbocycles. The van der Waals surface area contributed by atoms with Crippen LogP contribution < -0.4 is 5.32 Å². The zero-order valence-corrected chi connectivity index (χ0v) is 10.7. The number of nitrogens with zero attached hydrogens (tertiary/aromatic N) is 2. The smallest absolute Gasteiger partial charge is 0.291 e. The van der Waals surface area contributed by atoms with Gasteiger partial charge in [0.1, 0.15) is 5.82 Å². The fourth-order valence-corrected chi connectivity index (χ4v) is 1.20. The lowest BCUT2D eigenvalue weighted by atomic mass is 9.99.